The van der Waals surface area contributed by atoms with Gasteiger partial charge in [0.1, 0.15) is 4.92 Å². The van der Waals surface area contributed by atoms with Crippen LogP contribution in [0.4, 0.5) is 5.88 Å². The molecule has 0 aliphatic carbocycles. The second-order valence-corrected chi connectivity index (χ2v) is 5.00. The summed E-state index contributed by atoms with van der Waals surface area (Å²) in [5.74, 6) is -1.10. The number of nitrogens with zero attached hydrogens (tertiary/aromatic N) is 1. The Morgan fingerprint density at radius 1 is 1.30 bits per heavy atom. The Morgan fingerprint density at radius 2 is 2.00 bits per heavy atom. The number of halogens is 2. The number of ketones is 1. The number of benzene rings is 1. The third-order valence-corrected chi connectivity index (χ3v) is 3.33. The topological polar surface area (TPSA) is 73.3 Å². The molecule has 2 rings (SSSR count). The average molecular weight is 357 g/mol. The molecular formula is C13H7BrClNO4. The molecular weight excluding hydrogens is 350 g/mol. The molecule has 0 spiro atoms. The van der Waals surface area contributed by atoms with E-state index in [4.69, 9.17) is 16.0 Å². The second-order valence-electron chi connectivity index (χ2n) is 3.74. The fourth-order valence-electron chi connectivity index (χ4n) is 1.46. The smallest absolute Gasteiger partial charge is 0.397 e. The predicted octanol–water partition coefficient (Wildman–Crippen LogP) is 4.46. The van der Waals surface area contributed by atoms with E-state index in [1.165, 1.54) is 12.1 Å². The minimum atomic E-state index is -0.706. The summed E-state index contributed by atoms with van der Waals surface area (Å²) >= 11 is 9.10. The summed E-state index contributed by atoms with van der Waals surface area (Å²) < 4.78 is 5.03. The molecule has 1 heterocycles. The summed E-state index contributed by atoms with van der Waals surface area (Å²) in [5, 5.41) is 11.0. The van der Waals surface area contributed by atoms with Crippen LogP contribution in [-0.4, -0.2) is 10.7 Å². The fraction of sp³-hybridized carbons (Fsp3) is 0. The van der Waals surface area contributed by atoms with E-state index in [-0.39, 0.29) is 10.2 Å². The monoisotopic (exact) mass is 355 g/mol. The van der Waals surface area contributed by atoms with E-state index < -0.39 is 16.6 Å². The minimum absolute atomic E-state index is 0.119. The van der Waals surface area contributed by atoms with Crippen molar-refractivity contribution in [1.29, 1.82) is 0 Å². The normalized spacial score (nSPS) is 11.4. The van der Waals surface area contributed by atoms with E-state index in [1.807, 2.05) is 0 Å². The Balaban J connectivity index is 2.28. The molecule has 0 unspecified atom stereocenters. The van der Waals surface area contributed by atoms with Crippen LogP contribution >= 0.6 is 27.5 Å². The summed E-state index contributed by atoms with van der Waals surface area (Å²) in [4.78, 5) is 21.8. The molecule has 20 heavy (non-hydrogen) atoms. The number of Topliss-reactive ketones (excluding diaryl/α,β-unsaturated/α-hetero) is 1. The van der Waals surface area contributed by atoms with Crippen LogP contribution in [-0.2, 0) is 0 Å². The second kappa shape index (κ2) is 6.02. The van der Waals surface area contributed by atoms with E-state index in [0.29, 0.717) is 10.6 Å². The van der Waals surface area contributed by atoms with E-state index >= 15 is 0 Å². The van der Waals surface area contributed by atoms with Crippen LogP contribution in [0.5, 0.6) is 0 Å². The number of rotatable bonds is 4. The number of allylic oxidation sites excluding steroid dienone is 1. The van der Waals surface area contributed by atoms with Gasteiger partial charge in [0.05, 0.1) is 10.5 Å². The Hall–Kier alpha value is -1.92. The van der Waals surface area contributed by atoms with Gasteiger partial charge < -0.3 is 4.42 Å². The van der Waals surface area contributed by atoms with Gasteiger partial charge in [-0.1, -0.05) is 29.8 Å². The molecule has 1 aromatic heterocycles. The van der Waals surface area contributed by atoms with Gasteiger partial charge in [0.2, 0.25) is 5.78 Å². The maximum absolute atomic E-state index is 12.0. The first-order valence-corrected chi connectivity index (χ1v) is 6.57. The zero-order chi connectivity index (χ0) is 14.7. The van der Waals surface area contributed by atoms with Crippen molar-refractivity contribution in [3.8, 4) is 0 Å². The number of carbonyl (C=O) groups is 1. The van der Waals surface area contributed by atoms with Gasteiger partial charge in [-0.25, -0.2) is 0 Å². The number of carbonyl (C=O) groups excluding carboxylic acids is 1. The largest absolute Gasteiger partial charge is 0.433 e. The van der Waals surface area contributed by atoms with Crippen LogP contribution in [0, 0.1) is 10.1 Å². The molecule has 7 heteroatoms. The fourth-order valence-corrected chi connectivity index (χ4v) is 2.09. The van der Waals surface area contributed by atoms with Gasteiger partial charge in [0.25, 0.3) is 0 Å². The van der Waals surface area contributed by atoms with Crippen LogP contribution < -0.4 is 0 Å². The van der Waals surface area contributed by atoms with Crippen molar-refractivity contribution in [2.75, 3.05) is 0 Å². The van der Waals surface area contributed by atoms with Gasteiger partial charge in [0, 0.05) is 5.02 Å². The number of hydrogen-bond donors (Lipinski definition) is 0. The van der Waals surface area contributed by atoms with Crippen molar-refractivity contribution in [2.45, 2.75) is 0 Å². The maximum atomic E-state index is 12.0. The SMILES string of the molecule is O=C(C(Br)=Cc1ccccc1Cl)c1ccc([N+](=O)[O-])o1. The lowest BCUT2D eigenvalue weighted by Gasteiger charge is -1.99. The summed E-state index contributed by atoms with van der Waals surface area (Å²) in [6.07, 6.45) is 1.53. The molecule has 1 aromatic carbocycles. The van der Waals surface area contributed by atoms with Crippen molar-refractivity contribution < 1.29 is 14.1 Å². The van der Waals surface area contributed by atoms with Crippen LogP contribution in [0.15, 0.2) is 45.3 Å². The summed E-state index contributed by atoms with van der Waals surface area (Å²) in [6.45, 7) is 0. The average Bonchev–Trinajstić information content (AvgIpc) is 2.90. The molecule has 0 radical (unpaired) electrons. The number of nitro groups is 1. The van der Waals surface area contributed by atoms with E-state index in [1.54, 1.807) is 24.3 Å². The molecule has 0 amide bonds. The Labute approximate surface area is 127 Å². The molecule has 0 aliphatic rings. The first kappa shape index (κ1) is 14.5. The van der Waals surface area contributed by atoms with Gasteiger partial charge in [-0.3, -0.25) is 14.9 Å². The number of hydrogen-bond acceptors (Lipinski definition) is 4. The summed E-state index contributed by atoms with van der Waals surface area (Å²) in [6, 6.07) is 9.36. The predicted molar refractivity (Wildman–Crippen MR) is 78.0 cm³/mol. The first-order valence-electron chi connectivity index (χ1n) is 5.39. The van der Waals surface area contributed by atoms with Crippen LogP contribution in [0.1, 0.15) is 16.1 Å². The summed E-state index contributed by atoms with van der Waals surface area (Å²) in [7, 11) is 0. The molecule has 0 bridgehead atoms. The third kappa shape index (κ3) is 3.15. The van der Waals surface area contributed by atoms with Crippen molar-refractivity contribution >= 4 is 45.3 Å². The van der Waals surface area contributed by atoms with Crippen molar-refractivity contribution in [3.05, 3.63) is 67.3 Å². The molecule has 0 fully saturated rings. The van der Waals surface area contributed by atoms with Crippen molar-refractivity contribution in [2.24, 2.45) is 0 Å². The zero-order valence-electron chi connectivity index (χ0n) is 9.88. The highest BCUT2D eigenvalue weighted by Crippen LogP contribution is 2.25. The molecule has 0 saturated heterocycles. The van der Waals surface area contributed by atoms with Gasteiger partial charge in [-0.2, -0.15) is 0 Å². The molecule has 0 aliphatic heterocycles. The van der Waals surface area contributed by atoms with Gasteiger partial charge in [-0.05, 0) is 39.7 Å². The quantitative estimate of drug-likeness (QED) is 0.351. The van der Waals surface area contributed by atoms with Crippen LogP contribution in [0.25, 0.3) is 6.08 Å². The minimum Gasteiger partial charge on any atom is -0.397 e. The van der Waals surface area contributed by atoms with E-state index in [2.05, 4.69) is 15.9 Å². The lowest BCUT2D eigenvalue weighted by molar-refractivity contribution is -0.402. The summed E-state index contributed by atoms with van der Waals surface area (Å²) in [5.41, 5.74) is 0.649. The van der Waals surface area contributed by atoms with Crippen molar-refractivity contribution in [3.63, 3.8) is 0 Å². The highest BCUT2D eigenvalue weighted by molar-refractivity contribution is 9.12. The number of furan rings is 1. The lowest BCUT2D eigenvalue weighted by Crippen LogP contribution is -1.96. The van der Waals surface area contributed by atoms with Crippen LogP contribution in [0.3, 0.4) is 0 Å². The third-order valence-electron chi connectivity index (χ3n) is 2.40. The first-order chi connectivity index (χ1) is 9.49. The van der Waals surface area contributed by atoms with Crippen molar-refractivity contribution in [1.82, 2.24) is 0 Å². The highest BCUT2D eigenvalue weighted by Gasteiger charge is 2.19. The Morgan fingerprint density at radius 3 is 2.60 bits per heavy atom. The zero-order valence-corrected chi connectivity index (χ0v) is 12.2. The highest BCUT2D eigenvalue weighted by atomic mass is 79.9. The molecule has 0 N–H and O–H groups in total. The molecule has 5 nitrogen and oxygen atoms in total. The van der Waals surface area contributed by atoms with E-state index in [0.717, 1.165) is 6.07 Å². The molecule has 2 aromatic rings. The molecule has 0 atom stereocenters. The molecule has 102 valence electrons. The van der Waals surface area contributed by atoms with Gasteiger partial charge >= 0.3 is 5.88 Å². The van der Waals surface area contributed by atoms with Gasteiger partial charge in [-0.15, -0.1) is 0 Å². The lowest BCUT2D eigenvalue weighted by atomic mass is 10.2. The standard InChI is InChI=1S/C13H7BrClNO4/c14-9(7-8-3-1-2-4-10(8)15)13(17)11-5-6-12(20-11)16(18)19/h1-7H. The van der Waals surface area contributed by atoms with E-state index in [9.17, 15) is 14.9 Å². The molecule has 0 saturated carbocycles. The van der Waals surface area contributed by atoms with Gasteiger partial charge in [0.15, 0.2) is 5.76 Å². The van der Waals surface area contributed by atoms with Crippen LogP contribution in [0.2, 0.25) is 5.02 Å². The Kier molecular flexibility index (Phi) is 4.36. The Bertz CT molecular complexity index is 708. The maximum Gasteiger partial charge on any atom is 0.433 e.